The number of carbonyl (C=O) groups excluding carboxylic acids is 2. The first kappa shape index (κ1) is 11.4. The van der Waals surface area contributed by atoms with E-state index >= 15 is 0 Å². The van der Waals surface area contributed by atoms with Crippen LogP contribution >= 0.6 is 0 Å². The molecule has 1 aromatic rings. The van der Waals surface area contributed by atoms with Crippen LogP contribution in [0.15, 0.2) is 18.2 Å². The third kappa shape index (κ3) is 2.22. The van der Waals surface area contributed by atoms with Crippen LogP contribution in [0.2, 0.25) is 0 Å². The van der Waals surface area contributed by atoms with Gasteiger partial charge in [0.2, 0.25) is 0 Å². The van der Waals surface area contributed by atoms with Crippen LogP contribution in [0.25, 0.3) is 0 Å². The van der Waals surface area contributed by atoms with Gasteiger partial charge in [-0.15, -0.1) is 0 Å². The Kier molecular flexibility index (Phi) is 3.27. The van der Waals surface area contributed by atoms with Gasteiger partial charge in [0.1, 0.15) is 0 Å². The van der Waals surface area contributed by atoms with Gasteiger partial charge in [0, 0.05) is 13.1 Å². The molecule has 0 unspecified atom stereocenters. The number of ether oxygens (including phenoxy) is 1. The Bertz CT molecular complexity index is 457. The minimum Gasteiger partial charge on any atom is -0.462 e. The van der Waals surface area contributed by atoms with E-state index in [0.29, 0.717) is 36.5 Å². The lowest BCUT2D eigenvalue weighted by atomic mass is 10.1. The predicted molar refractivity (Wildman–Crippen MR) is 63.2 cm³/mol. The largest absolute Gasteiger partial charge is 0.462 e. The molecule has 0 spiro atoms. The van der Waals surface area contributed by atoms with Crippen LogP contribution < -0.4 is 10.6 Å². The summed E-state index contributed by atoms with van der Waals surface area (Å²) in [5.74, 6) is -0.581. The van der Waals surface area contributed by atoms with Gasteiger partial charge < -0.3 is 15.4 Å². The molecular formula is C12H14N2O3. The normalized spacial score (nSPS) is 14.1. The fraction of sp³-hybridized carbons (Fsp3) is 0.333. The second-order valence-corrected chi connectivity index (χ2v) is 3.63. The number of hydrogen-bond acceptors (Lipinski definition) is 4. The summed E-state index contributed by atoms with van der Waals surface area (Å²) in [6.07, 6.45) is 0. The summed E-state index contributed by atoms with van der Waals surface area (Å²) in [4.78, 5) is 23.5. The van der Waals surface area contributed by atoms with Gasteiger partial charge in [-0.25, -0.2) is 4.79 Å². The molecular weight excluding hydrogens is 220 g/mol. The fourth-order valence-electron chi connectivity index (χ4n) is 1.77. The van der Waals surface area contributed by atoms with Crippen LogP contribution in [0.1, 0.15) is 27.6 Å². The molecule has 0 atom stereocenters. The molecule has 1 aliphatic heterocycles. The van der Waals surface area contributed by atoms with Crippen molar-refractivity contribution < 1.29 is 14.3 Å². The third-order valence-electron chi connectivity index (χ3n) is 2.52. The second kappa shape index (κ2) is 4.86. The van der Waals surface area contributed by atoms with Crippen molar-refractivity contribution in [3.8, 4) is 0 Å². The molecule has 1 aliphatic rings. The van der Waals surface area contributed by atoms with Gasteiger partial charge in [0.25, 0.3) is 5.91 Å². The maximum atomic E-state index is 11.7. The van der Waals surface area contributed by atoms with Crippen LogP contribution in [-0.4, -0.2) is 31.6 Å². The second-order valence-electron chi connectivity index (χ2n) is 3.63. The summed E-state index contributed by atoms with van der Waals surface area (Å²) < 4.78 is 4.96. The molecule has 0 aromatic heterocycles. The molecule has 0 saturated heterocycles. The van der Waals surface area contributed by atoms with Gasteiger partial charge >= 0.3 is 5.97 Å². The predicted octanol–water partition coefficient (Wildman–Crippen LogP) is 1.02. The lowest BCUT2D eigenvalue weighted by molar-refractivity contribution is 0.0527. The highest BCUT2D eigenvalue weighted by Gasteiger charge is 2.21. The monoisotopic (exact) mass is 234 g/mol. The number of fused-ring (bicyclic) bond motifs is 1. The lowest BCUT2D eigenvalue weighted by Gasteiger charge is -2.11. The number of benzene rings is 1. The van der Waals surface area contributed by atoms with Crippen molar-refractivity contribution in [1.82, 2.24) is 5.32 Å². The zero-order valence-electron chi connectivity index (χ0n) is 9.58. The number of hydrogen-bond donors (Lipinski definition) is 2. The minimum absolute atomic E-state index is 0.170. The number of nitrogens with one attached hydrogen (secondary N) is 2. The number of carbonyl (C=O) groups is 2. The topological polar surface area (TPSA) is 67.4 Å². The van der Waals surface area contributed by atoms with E-state index < -0.39 is 5.97 Å². The average Bonchev–Trinajstić information content (AvgIpc) is 2.52. The van der Waals surface area contributed by atoms with Gasteiger partial charge in [0.05, 0.1) is 23.4 Å². The van der Waals surface area contributed by atoms with Crippen molar-refractivity contribution in [2.45, 2.75) is 6.92 Å². The number of para-hydroxylation sites is 1. The quantitative estimate of drug-likeness (QED) is 0.750. The standard InChI is InChI=1S/C12H14N2O3/c1-2-17-12(16)9-5-3-4-8-10(9)13-6-7-14-11(8)15/h3-5,13H,2,6-7H2,1H3,(H,14,15). The molecule has 90 valence electrons. The molecule has 0 radical (unpaired) electrons. The van der Waals surface area contributed by atoms with E-state index in [9.17, 15) is 9.59 Å². The van der Waals surface area contributed by atoms with Gasteiger partial charge in [-0.2, -0.15) is 0 Å². The van der Waals surface area contributed by atoms with Crippen molar-refractivity contribution >= 4 is 17.6 Å². The highest BCUT2D eigenvalue weighted by Crippen LogP contribution is 2.23. The Hall–Kier alpha value is -2.04. The maximum absolute atomic E-state index is 11.7. The number of amides is 1. The highest BCUT2D eigenvalue weighted by atomic mass is 16.5. The van der Waals surface area contributed by atoms with Gasteiger partial charge in [-0.3, -0.25) is 4.79 Å². The summed E-state index contributed by atoms with van der Waals surface area (Å²) in [5.41, 5.74) is 1.44. The summed E-state index contributed by atoms with van der Waals surface area (Å²) in [6, 6.07) is 5.02. The molecule has 5 heteroatoms. The first-order valence-electron chi connectivity index (χ1n) is 5.56. The van der Waals surface area contributed by atoms with E-state index in [1.165, 1.54) is 0 Å². The number of anilines is 1. The molecule has 2 rings (SSSR count). The van der Waals surface area contributed by atoms with E-state index in [0.717, 1.165) is 0 Å². The van der Waals surface area contributed by atoms with Crippen molar-refractivity contribution in [3.63, 3.8) is 0 Å². The summed E-state index contributed by atoms with van der Waals surface area (Å²) >= 11 is 0. The smallest absolute Gasteiger partial charge is 0.340 e. The Balaban J connectivity index is 2.44. The van der Waals surface area contributed by atoms with Crippen LogP contribution in [0.4, 0.5) is 5.69 Å². The van der Waals surface area contributed by atoms with Gasteiger partial charge in [-0.05, 0) is 19.1 Å². The van der Waals surface area contributed by atoms with Crippen LogP contribution in [0.3, 0.4) is 0 Å². The zero-order chi connectivity index (χ0) is 12.3. The van der Waals surface area contributed by atoms with Gasteiger partial charge in [0.15, 0.2) is 0 Å². The molecule has 1 amide bonds. The molecule has 0 fully saturated rings. The van der Waals surface area contributed by atoms with E-state index in [-0.39, 0.29) is 5.91 Å². The van der Waals surface area contributed by atoms with Crippen molar-refractivity contribution in [2.24, 2.45) is 0 Å². The zero-order valence-corrected chi connectivity index (χ0v) is 9.58. The number of rotatable bonds is 2. The summed E-state index contributed by atoms with van der Waals surface area (Å²) in [6.45, 7) is 3.19. The highest BCUT2D eigenvalue weighted by molar-refractivity contribution is 6.06. The first-order chi connectivity index (χ1) is 8.24. The Morgan fingerprint density at radius 2 is 2.12 bits per heavy atom. The van der Waals surface area contributed by atoms with Crippen molar-refractivity contribution in [3.05, 3.63) is 29.3 Å². The Labute approximate surface area is 99.2 Å². The SMILES string of the molecule is CCOC(=O)c1cccc2c1NCCNC2=O. The molecule has 0 saturated carbocycles. The van der Waals surface area contributed by atoms with E-state index in [1.807, 2.05) is 0 Å². The molecule has 0 bridgehead atoms. The van der Waals surface area contributed by atoms with Crippen LogP contribution in [0.5, 0.6) is 0 Å². The molecule has 17 heavy (non-hydrogen) atoms. The van der Waals surface area contributed by atoms with E-state index in [4.69, 9.17) is 4.74 Å². The number of esters is 1. The fourth-order valence-corrected chi connectivity index (χ4v) is 1.77. The van der Waals surface area contributed by atoms with Crippen LogP contribution in [-0.2, 0) is 4.74 Å². The summed E-state index contributed by atoms with van der Waals surface area (Å²) in [7, 11) is 0. The lowest BCUT2D eigenvalue weighted by Crippen LogP contribution is -2.24. The maximum Gasteiger partial charge on any atom is 0.340 e. The minimum atomic E-state index is -0.411. The van der Waals surface area contributed by atoms with Crippen molar-refractivity contribution in [1.29, 1.82) is 0 Å². The molecule has 0 aliphatic carbocycles. The first-order valence-corrected chi connectivity index (χ1v) is 5.56. The molecule has 1 heterocycles. The third-order valence-corrected chi connectivity index (χ3v) is 2.52. The average molecular weight is 234 g/mol. The Morgan fingerprint density at radius 1 is 1.35 bits per heavy atom. The van der Waals surface area contributed by atoms with E-state index in [2.05, 4.69) is 10.6 Å². The van der Waals surface area contributed by atoms with Crippen molar-refractivity contribution in [2.75, 3.05) is 25.0 Å². The van der Waals surface area contributed by atoms with Crippen LogP contribution in [0, 0.1) is 0 Å². The molecule has 1 aromatic carbocycles. The Morgan fingerprint density at radius 3 is 2.88 bits per heavy atom. The van der Waals surface area contributed by atoms with E-state index in [1.54, 1.807) is 25.1 Å². The molecule has 5 nitrogen and oxygen atoms in total. The van der Waals surface area contributed by atoms with Gasteiger partial charge in [-0.1, -0.05) is 6.07 Å². The molecule has 2 N–H and O–H groups in total. The summed E-state index contributed by atoms with van der Waals surface area (Å²) in [5, 5.41) is 5.82.